The van der Waals surface area contributed by atoms with Crippen LogP contribution in [0.5, 0.6) is 0 Å². The van der Waals surface area contributed by atoms with Crippen LogP contribution in [-0.2, 0) is 0 Å². The Hall–Kier alpha value is -1.75. The lowest BCUT2D eigenvalue weighted by Crippen LogP contribution is -2.44. The molecule has 18 heavy (non-hydrogen) atoms. The van der Waals surface area contributed by atoms with Crippen LogP contribution in [0.15, 0.2) is 24.3 Å². The third-order valence-corrected chi connectivity index (χ3v) is 3.48. The van der Waals surface area contributed by atoms with Crippen LogP contribution in [0, 0.1) is 0 Å². The Kier molecular flexibility index (Phi) is 3.06. The molecular weight excluding hydrogens is 226 g/mol. The average molecular weight is 243 g/mol. The number of likely N-dealkylation sites (N-methyl/N-ethyl adjacent to an activating group) is 1. The van der Waals surface area contributed by atoms with Gasteiger partial charge in [0.1, 0.15) is 5.52 Å². The minimum Gasteiger partial charge on any atom is -0.338 e. The maximum Gasteiger partial charge on any atom is 0.245 e. The molecule has 1 saturated heterocycles. The predicted molar refractivity (Wildman–Crippen MR) is 71.6 cm³/mol. The molecule has 1 unspecified atom stereocenters. The van der Waals surface area contributed by atoms with Crippen molar-refractivity contribution >= 4 is 17.0 Å². The number of hydrogen-bond acceptors (Lipinski definition) is 5. The van der Waals surface area contributed by atoms with Crippen LogP contribution in [-0.4, -0.2) is 41.4 Å². The molecule has 0 spiro atoms. The number of rotatable bonds is 2. The van der Waals surface area contributed by atoms with E-state index in [-0.39, 0.29) is 0 Å². The van der Waals surface area contributed by atoms with E-state index in [9.17, 15) is 0 Å². The molecule has 1 aromatic heterocycles. The van der Waals surface area contributed by atoms with Crippen molar-refractivity contribution in [3.63, 3.8) is 0 Å². The van der Waals surface area contributed by atoms with E-state index in [1.54, 1.807) is 0 Å². The van der Waals surface area contributed by atoms with Gasteiger partial charge in [0.25, 0.3) is 0 Å². The summed E-state index contributed by atoms with van der Waals surface area (Å²) in [6.45, 7) is 2.11. The van der Waals surface area contributed by atoms with Crippen molar-refractivity contribution in [2.75, 3.05) is 25.0 Å². The molecule has 0 bridgehead atoms. The number of nitrogens with one attached hydrogen (secondary N) is 1. The van der Waals surface area contributed by atoms with Gasteiger partial charge in [0, 0.05) is 19.6 Å². The summed E-state index contributed by atoms with van der Waals surface area (Å²) in [5, 5.41) is 11.8. The summed E-state index contributed by atoms with van der Waals surface area (Å²) in [7, 11) is 2.05. The molecule has 1 atom stereocenters. The summed E-state index contributed by atoms with van der Waals surface area (Å²) in [4.78, 5) is 6.71. The highest BCUT2D eigenvalue weighted by Gasteiger charge is 2.20. The van der Waals surface area contributed by atoms with E-state index in [1.807, 2.05) is 31.3 Å². The fraction of sp³-hybridized carbons (Fsp3) is 0.462. The monoisotopic (exact) mass is 243 g/mol. The first-order chi connectivity index (χ1) is 8.84. The fourth-order valence-corrected chi connectivity index (χ4v) is 2.35. The van der Waals surface area contributed by atoms with Gasteiger partial charge in [-0.25, -0.2) is 4.98 Å². The van der Waals surface area contributed by atoms with Gasteiger partial charge in [-0.1, -0.05) is 12.1 Å². The number of anilines is 1. The van der Waals surface area contributed by atoms with Gasteiger partial charge < -0.3 is 10.2 Å². The van der Waals surface area contributed by atoms with Gasteiger partial charge in [0.2, 0.25) is 5.95 Å². The van der Waals surface area contributed by atoms with E-state index >= 15 is 0 Å². The van der Waals surface area contributed by atoms with Crippen molar-refractivity contribution in [3.8, 4) is 0 Å². The van der Waals surface area contributed by atoms with Crippen LogP contribution < -0.4 is 10.2 Å². The summed E-state index contributed by atoms with van der Waals surface area (Å²) >= 11 is 0. The minimum atomic E-state index is 0.460. The standard InChI is InChI=1S/C13H17N5/c1-18(10-5-4-8-14-9-10)13-15-11-6-2-3-7-12(11)16-17-13/h2-3,6-7,10,14H,4-5,8-9H2,1H3. The Labute approximate surface area is 106 Å². The molecule has 1 aromatic carbocycles. The Morgan fingerprint density at radius 2 is 2.06 bits per heavy atom. The highest BCUT2D eigenvalue weighted by Crippen LogP contribution is 2.16. The summed E-state index contributed by atoms with van der Waals surface area (Å²) in [5.41, 5.74) is 1.74. The van der Waals surface area contributed by atoms with E-state index in [0.717, 1.165) is 24.1 Å². The molecule has 2 heterocycles. The largest absolute Gasteiger partial charge is 0.338 e. The molecule has 0 radical (unpaired) electrons. The summed E-state index contributed by atoms with van der Waals surface area (Å²) < 4.78 is 0. The Bertz CT molecular complexity index is 536. The molecule has 1 aliphatic rings. The van der Waals surface area contributed by atoms with Crippen molar-refractivity contribution in [1.29, 1.82) is 0 Å². The second-order valence-electron chi connectivity index (χ2n) is 4.71. The van der Waals surface area contributed by atoms with Gasteiger partial charge in [-0.2, -0.15) is 0 Å². The maximum absolute atomic E-state index is 4.57. The normalized spacial score (nSPS) is 19.9. The minimum absolute atomic E-state index is 0.460. The van der Waals surface area contributed by atoms with Crippen molar-refractivity contribution in [2.24, 2.45) is 0 Å². The van der Waals surface area contributed by atoms with E-state index in [0.29, 0.717) is 12.0 Å². The number of piperidine rings is 1. The molecule has 0 aliphatic carbocycles. The Morgan fingerprint density at radius 3 is 2.83 bits per heavy atom. The predicted octanol–water partition coefficient (Wildman–Crippen LogP) is 1.21. The molecule has 3 rings (SSSR count). The maximum atomic E-state index is 4.57. The van der Waals surface area contributed by atoms with Crippen LogP contribution in [0.3, 0.4) is 0 Å². The third kappa shape index (κ3) is 2.13. The molecule has 5 heteroatoms. The average Bonchev–Trinajstić information content (AvgIpc) is 2.47. The molecule has 5 nitrogen and oxygen atoms in total. The second kappa shape index (κ2) is 4.86. The fourth-order valence-electron chi connectivity index (χ4n) is 2.35. The lowest BCUT2D eigenvalue weighted by atomic mass is 10.1. The number of hydrogen-bond donors (Lipinski definition) is 1. The summed E-state index contributed by atoms with van der Waals surface area (Å²) in [6.07, 6.45) is 2.38. The first-order valence-electron chi connectivity index (χ1n) is 6.37. The van der Waals surface area contributed by atoms with Gasteiger partial charge >= 0.3 is 0 Å². The van der Waals surface area contributed by atoms with Crippen LogP contribution >= 0.6 is 0 Å². The first kappa shape index (κ1) is 11.3. The summed E-state index contributed by atoms with van der Waals surface area (Å²) in [5.74, 6) is 0.711. The van der Waals surface area contributed by atoms with E-state index in [4.69, 9.17) is 0 Å². The lowest BCUT2D eigenvalue weighted by Gasteiger charge is -2.31. The van der Waals surface area contributed by atoms with Gasteiger partial charge in [-0.05, 0) is 31.5 Å². The number of para-hydroxylation sites is 1. The number of aromatic nitrogens is 3. The van der Waals surface area contributed by atoms with E-state index < -0.39 is 0 Å². The SMILES string of the molecule is CN(c1nnc2ccccc2n1)C1CCCNC1. The second-order valence-corrected chi connectivity index (χ2v) is 4.71. The quantitative estimate of drug-likeness (QED) is 0.859. The third-order valence-electron chi connectivity index (χ3n) is 3.48. The molecule has 0 saturated carbocycles. The van der Waals surface area contributed by atoms with Crippen LogP contribution in [0.4, 0.5) is 5.95 Å². The van der Waals surface area contributed by atoms with Gasteiger partial charge in [0.05, 0.1) is 5.52 Å². The molecule has 94 valence electrons. The molecule has 1 N–H and O–H groups in total. The van der Waals surface area contributed by atoms with Crippen molar-refractivity contribution in [1.82, 2.24) is 20.5 Å². The van der Waals surface area contributed by atoms with Crippen molar-refractivity contribution in [2.45, 2.75) is 18.9 Å². The smallest absolute Gasteiger partial charge is 0.245 e. The number of fused-ring (bicyclic) bond motifs is 1. The topological polar surface area (TPSA) is 53.9 Å². The van der Waals surface area contributed by atoms with E-state index in [2.05, 4.69) is 25.4 Å². The Morgan fingerprint density at radius 1 is 1.22 bits per heavy atom. The van der Waals surface area contributed by atoms with Crippen LogP contribution in [0.25, 0.3) is 11.0 Å². The van der Waals surface area contributed by atoms with Gasteiger partial charge in [-0.3, -0.25) is 0 Å². The van der Waals surface area contributed by atoms with Crippen LogP contribution in [0.2, 0.25) is 0 Å². The first-order valence-corrected chi connectivity index (χ1v) is 6.37. The van der Waals surface area contributed by atoms with Gasteiger partial charge in [-0.15, -0.1) is 10.2 Å². The van der Waals surface area contributed by atoms with E-state index in [1.165, 1.54) is 12.8 Å². The highest BCUT2D eigenvalue weighted by molar-refractivity contribution is 5.74. The zero-order valence-corrected chi connectivity index (χ0v) is 10.5. The van der Waals surface area contributed by atoms with Crippen molar-refractivity contribution in [3.05, 3.63) is 24.3 Å². The number of benzene rings is 1. The summed E-state index contributed by atoms with van der Waals surface area (Å²) in [6, 6.07) is 8.29. The molecule has 1 fully saturated rings. The zero-order chi connectivity index (χ0) is 12.4. The lowest BCUT2D eigenvalue weighted by molar-refractivity contribution is 0.441. The molecule has 2 aromatic rings. The Balaban J connectivity index is 1.88. The highest BCUT2D eigenvalue weighted by atomic mass is 15.3. The van der Waals surface area contributed by atoms with Crippen molar-refractivity contribution < 1.29 is 0 Å². The van der Waals surface area contributed by atoms with Crippen LogP contribution in [0.1, 0.15) is 12.8 Å². The number of nitrogens with zero attached hydrogens (tertiary/aromatic N) is 4. The van der Waals surface area contributed by atoms with Gasteiger partial charge in [0.15, 0.2) is 0 Å². The zero-order valence-electron chi connectivity index (χ0n) is 10.5. The molecule has 1 aliphatic heterocycles. The molecule has 0 amide bonds. The molecular formula is C13H17N5.